The minimum absolute atomic E-state index is 0.511. The Morgan fingerprint density at radius 3 is 2.92 bits per heavy atom. The largest absolute Gasteiger partial charge is 0.378 e. The number of hydrogen-bond donors (Lipinski definition) is 2. The molecule has 0 unspecified atom stereocenters. The third-order valence-corrected chi connectivity index (χ3v) is 2.15. The Hall–Kier alpha value is -1.07. The quantitative estimate of drug-likeness (QED) is 0.659. The second kappa shape index (κ2) is 3.76. The Morgan fingerprint density at radius 2 is 2.31 bits per heavy atom. The van der Waals surface area contributed by atoms with Gasteiger partial charge in [0, 0.05) is 25.3 Å². The van der Waals surface area contributed by atoms with Crippen LogP contribution in [0.25, 0.3) is 0 Å². The zero-order valence-corrected chi connectivity index (χ0v) is 7.49. The molecule has 1 aliphatic heterocycles. The fourth-order valence-corrected chi connectivity index (χ4v) is 1.39. The van der Waals surface area contributed by atoms with Gasteiger partial charge in [0.25, 0.3) is 0 Å². The van der Waals surface area contributed by atoms with Gasteiger partial charge in [-0.1, -0.05) is 0 Å². The molecule has 1 aromatic heterocycles. The Morgan fingerprint density at radius 1 is 1.54 bits per heavy atom. The van der Waals surface area contributed by atoms with Crippen LogP contribution < -0.4 is 10.6 Å². The van der Waals surface area contributed by atoms with Crippen LogP contribution in [0.2, 0.25) is 0 Å². The van der Waals surface area contributed by atoms with Crippen molar-refractivity contribution < 1.29 is 4.74 Å². The second-order valence-electron chi connectivity index (χ2n) is 3.04. The second-order valence-corrected chi connectivity index (χ2v) is 3.04. The Bertz CT molecular complexity index is 267. The summed E-state index contributed by atoms with van der Waals surface area (Å²) in [5.74, 6) is 0.906. The summed E-state index contributed by atoms with van der Waals surface area (Å²) in [6.45, 7) is 3.86. The molecule has 72 valence electrons. The van der Waals surface area contributed by atoms with Crippen LogP contribution in [0.4, 0.5) is 5.95 Å². The molecule has 0 bridgehead atoms. The van der Waals surface area contributed by atoms with E-state index >= 15 is 0 Å². The standard InChI is InChI=1S/C8H14N4O/c9-5-7-6-10-8(11-7)12-1-3-13-4-2-12/h6H,1-5,9H2,(H,10,11). The summed E-state index contributed by atoms with van der Waals surface area (Å²) in [5, 5.41) is 0. The Labute approximate surface area is 76.9 Å². The normalized spacial score (nSPS) is 17.8. The molecule has 0 amide bonds. The zero-order valence-electron chi connectivity index (χ0n) is 7.49. The molecule has 1 fully saturated rings. The van der Waals surface area contributed by atoms with Crippen LogP contribution >= 0.6 is 0 Å². The van der Waals surface area contributed by atoms with Crippen LogP contribution in [-0.2, 0) is 11.3 Å². The number of aromatic nitrogens is 2. The van der Waals surface area contributed by atoms with Gasteiger partial charge < -0.3 is 20.4 Å². The minimum atomic E-state index is 0.511. The highest BCUT2D eigenvalue weighted by Gasteiger charge is 2.13. The average molecular weight is 182 g/mol. The molecular formula is C8H14N4O. The molecule has 1 aliphatic rings. The first-order valence-electron chi connectivity index (χ1n) is 4.47. The highest BCUT2D eigenvalue weighted by Crippen LogP contribution is 2.10. The fourth-order valence-electron chi connectivity index (χ4n) is 1.39. The first kappa shape index (κ1) is 8.52. The maximum Gasteiger partial charge on any atom is 0.203 e. The van der Waals surface area contributed by atoms with Gasteiger partial charge in [0.2, 0.25) is 5.95 Å². The Kier molecular flexibility index (Phi) is 2.47. The summed E-state index contributed by atoms with van der Waals surface area (Å²) >= 11 is 0. The summed E-state index contributed by atoms with van der Waals surface area (Å²) in [6.07, 6.45) is 1.78. The summed E-state index contributed by atoms with van der Waals surface area (Å²) in [6, 6.07) is 0. The Balaban J connectivity index is 2.05. The number of ether oxygens (including phenoxy) is 1. The van der Waals surface area contributed by atoms with E-state index in [0.717, 1.165) is 37.9 Å². The number of morpholine rings is 1. The van der Waals surface area contributed by atoms with Crippen LogP contribution in [0.3, 0.4) is 0 Å². The van der Waals surface area contributed by atoms with E-state index in [9.17, 15) is 0 Å². The lowest BCUT2D eigenvalue weighted by Gasteiger charge is -2.26. The van der Waals surface area contributed by atoms with Crippen LogP contribution in [0.5, 0.6) is 0 Å². The molecule has 1 saturated heterocycles. The molecule has 0 aliphatic carbocycles. The van der Waals surface area contributed by atoms with E-state index in [1.54, 1.807) is 6.20 Å². The highest BCUT2D eigenvalue weighted by atomic mass is 16.5. The number of imidazole rings is 1. The summed E-state index contributed by atoms with van der Waals surface area (Å²) in [5.41, 5.74) is 6.45. The lowest BCUT2D eigenvalue weighted by atomic mass is 10.4. The molecule has 0 saturated carbocycles. The minimum Gasteiger partial charge on any atom is -0.378 e. The third kappa shape index (κ3) is 1.81. The van der Waals surface area contributed by atoms with Gasteiger partial charge in [-0.15, -0.1) is 0 Å². The van der Waals surface area contributed by atoms with Crippen LogP contribution in [0, 0.1) is 0 Å². The van der Waals surface area contributed by atoms with E-state index in [2.05, 4.69) is 14.9 Å². The van der Waals surface area contributed by atoms with Crippen molar-refractivity contribution >= 4 is 5.95 Å². The predicted molar refractivity (Wildman–Crippen MR) is 49.5 cm³/mol. The average Bonchev–Trinajstić information content (AvgIpc) is 2.67. The van der Waals surface area contributed by atoms with E-state index in [-0.39, 0.29) is 0 Å². The van der Waals surface area contributed by atoms with E-state index in [1.807, 2.05) is 0 Å². The smallest absolute Gasteiger partial charge is 0.203 e. The number of hydrogen-bond acceptors (Lipinski definition) is 4. The molecule has 0 radical (unpaired) electrons. The molecule has 13 heavy (non-hydrogen) atoms. The monoisotopic (exact) mass is 182 g/mol. The fraction of sp³-hybridized carbons (Fsp3) is 0.625. The van der Waals surface area contributed by atoms with Gasteiger partial charge in [-0.2, -0.15) is 0 Å². The lowest BCUT2D eigenvalue weighted by molar-refractivity contribution is 0.122. The van der Waals surface area contributed by atoms with Crippen molar-refractivity contribution in [2.24, 2.45) is 5.73 Å². The molecule has 0 aromatic carbocycles. The molecule has 0 spiro atoms. The summed E-state index contributed by atoms with van der Waals surface area (Å²) < 4.78 is 5.25. The first-order valence-corrected chi connectivity index (χ1v) is 4.47. The molecule has 5 heteroatoms. The first-order chi connectivity index (χ1) is 6.40. The number of H-pyrrole nitrogens is 1. The topological polar surface area (TPSA) is 67.2 Å². The molecule has 2 heterocycles. The third-order valence-electron chi connectivity index (χ3n) is 2.15. The predicted octanol–water partition coefficient (Wildman–Crippen LogP) is -0.295. The molecule has 0 atom stereocenters. The van der Waals surface area contributed by atoms with Gasteiger partial charge in [0.1, 0.15) is 0 Å². The maximum absolute atomic E-state index is 5.48. The van der Waals surface area contributed by atoms with Gasteiger partial charge >= 0.3 is 0 Å². The van der Waals surface area contributed by atoms with Crippen molar-refractivity contribution in [2.45, 2.75) is 6.54 Å². The van der Waals surface area contributed by atoms with Crippen molar-refractivity contribution in [1.29, 1.82) is 0 Å². The van der Waals surface area contributed by atoms with Crippen molar-refractivity contribution in [3.8, 4) is 0 Å². The zero-order chi connectivity index (χ0) is 9.10. The SMILES string of the molecule is NCc1cnc(N2CCOCC2)[nH]1. The van der Waals surface area contributed by atoms with Gasteiger partial charge in [-0.3, -0.25) is 0 Å². The molecule has 1 aromatic rings. The molecule has 5 nitrogen and oxygen atoms in total. The van der Waals surface area contributed by atoms with Crippen LogP contribution in [-0.4, -0.2) is 36.3 Å². The van der Waals surface area contributed by atoms with Crippen LogP contribution in [0.1, 0.15) is 5.69 Å². The van der Waals surface area contributed by atoms with Crippen molar-refractivity contribution in [3.63, 3.8) is 0 Å². The van der Waals surface area contributed by atoms with Crippen molar-refractivity contribution in [2.75, 3.05) is 31.2 Å². The number of nitrogens with zero attached hydrogens (tertiary/aromatic N) is 2. The van der Waals surface area contributed by atoms with Gasteiger partial charge in [-0.25, -0.2) is 4.98 Å². The van der Waals surface area contributed by atoms with Crippen molar-refractivity contribution in [1.82, 2.24) is 9.97 Å². The number of nitrogens with two attached hydrogens (primary N) is 1. The molecule has 2 rings (SSSR count). The van der Waals surface area contributed by atoms with E-state index in [4.69, 9.17) is 10.5 Å². The number of nitrogens with one attached hydrogen (secondary N) is 1. The van der Waals surface area contributed by atoms with Gasteiger partial charge in [0.05, 0.1) is 19.4 Å². The lowest BCUT2D eigenvalue weighted by Crippen LogP contribution is -2.36. The molecular weight excluding hydrogens is 168 g/mol. The number of anilines is 1. The van der Waals surface area contributed by atoms with E-state index < -0.39 is 0 Å². The van der Waals surface area contributed by atoms with Crippen molar-refractivity contribution in [3.05, 3.63) is 11.9 Å². The number of rotatable bonds is 2. The maximum atomic E-state index is 5.48. The summed E-state index contributed by atoms with van der Waals surface area (Å²) in [4.78, 5) is 9.58. The summed E-state index contributed by atoms with van der Waals surface area (Å²) in [7, 11) is 0. The van der Waals surface area contributed by atoms with Gasteiger partial charge in [-0.05, 0) is 0 Å². The van der Waals surface area contributed by atoms with E-state index in [0.29, 0.717) is 6.54 Å². The number of aromatic amines is 1. The molecule has 3 N–H and O–H groups in total. The van der Waals surface area contributed by atoms with E-state index in [1.165, 1.54) is 0 Å². The van der Waals surface area contributed by atoms with Gasteiger partial charge in [0.15, 0.2) is 0 Å². The highest BCUT2D eigenvalue weighted by molar-refractivity contribution is 5.31. The van der Waals surface area contributed by atoms with Crippen LogP contribution in [0.15, 0.2) is 6.20 Å².